The third kappa shape index (κ3) is 3.46. The molecule has 0 N–H and O–H groups in total. The summed E-state index contributed by atoms with van der Waals surface area (Å²) in [4.78, 5) is 14.2. The van der Waals surface area contributed by atoms with Crippen LogP contribution in [0.5, 0.6) is 5.88 Å². The van der Waals surface area contributed by atoms with Crippen LogP contribution in [0.25, 0.3) is 0 Å². The van der Waals surface area contributed by atoms with Crippen LogP contribution in [0.1, 0.15) is 16.1 Å². The van der Waals surface area contributed by atoms with Gasteiger partial charge in [-0.3, -0.25) is 0 Å². The summed E-state index contributed by atoms with van der Waals surface area (Å²) in [5.41, 5.74) is -1.28. The van der Waals surface area contributed by atoms with Gasteiger partial charge in [0.15, 0.2) is 11.5 Å². The number of esters is 1. The smallest absolute Gasteiger partial charge is 0.464 e. The van der Waals surface area contributed by atoms with Gasteiger partial charge in [-0.15, -0.1) is 24.8 Å². The van der Waals surface area contributed by atoms with Gasteiger partial charge in [0.1, 0.15) is 0 Å². The van der Waals surface area contributed by atoms with Gasteiger partial charge in [0, 0.05) is 11.6 Å². The topological polar surface area (TPSA) is 48.4 Å². The van der Waals surface area contributed by atoms with Gasteiger partial charge in [0.2, 0.25) is 5.88 Å². The molecule has 100 valence electrons. The van der Waals surface area contributed by atoms with Gasteiger partial charge >= 0.3 is 12.3 Å². The maximum Gasteiger partial charge on any atom is 0.574 e. The molecular weight excluding hydrogens is 282 g/mol. The summed E-state index contributed by atoms with van der Waals surface area (Å²) in [6.45, 7) is 0. The second kappa shape index (κ2) is 5.38. The van der Waals surface area contributed by atoms with Crippen molar-refractivity contribution in [2.24, 2.45) is 0 Å². The zero-order valence-electron chi connectivity index (χ0n) is 8.85. The van der Waals surface area contributed by atoms with Crippen LogP contribution in [-0.4, -0.2) is 24.4 Å². The summed E-state index contributed by atoms with van der Waals surface area (Å²) in [7, 11) is 0.932. The highest BCUT2D eigenvalue weighted by atomic mass is 35.5. The highest BCUT2D eigenvalue weighted by Crippen LogP contribution is 2.25. The van der Waals surface area contributed by atoms with E-state index in [9.17, 15) is 22.4 Å². The lowest BCUT2D eigenvalue weighted by Crippen LogP contribution is -2.20. The lowest BCUT2D eigenvalue weighted by Gasteiger charge is -2.11. The van der Waals surface area contributed by atoms with E-state index in [-0.39, 0.29) is 5.56 Å². The average Bonchev–Trinajstić information content (AvgIpc) is 2.28. The Morgan fingerprint density at radius 2 is 2.11 bits per heavy atom. The number of hydrogen-bond donors (Lipinski definition) is 0. The minimum atomic E-state index is -5.01. The zero-order valence-corrected chi connectivity index (χ0v) is 9.60. The second-order valence-corrected chi connectivity index (χ2v) is 3.22. The van der Waals surface area contributed by atoms with E-state index in [4.69, 9.17) is 11.6 Å². The minimum Gasteiger partial charge on any atom is -0.464 e. The molecule has 0 fully saturated rings. The number of rotatable bonds is 3. The molecule has 4 nitrogen and oxygen atoms in total. The summed E-state index contributed by atoms with van der Waals surface area (Å²) >= 11 is 5.34. The number of methoxy groups -OCH3 is 1. The van der Waals surface area contributed by atoms with Crippen molar-refractivity contribution in [1.29, 1.82) is 0 Å². The number of nitrogens with zero attached hydrogens (tertiary/aromatic N) is 1. The van der Waals surface area contributed by atoms with Crippen molar-refractivity contribution in [3.8, 4) is 5.88 Å². The van der Waals surface area contributed by atoms with Gasteiger partial charge in [0.05, 0.1) is 13.0 Å². The summed E-state index contributed by atoms with van der Waals surface area (Å²) < 4.78 is 57.2. The molecule has 0 saturated heterocycles. The third-order valence-electron chi connectivity index (χ3n) is 1.75. The van der Waals surface area contributed by atoms with Gasteiger partial charge in [-0.1, -0.05) is 0 Å². The molecule has 9 heteroatoms. The Morgan fingerprint density at radius 3 is 2.56 bits per heavy atom. The van der Waals surface area contributed by atoms with E-state index in [0.717, 1.165) is 7.11 Å². The molecule has 0 bridgehead atoms. The molecule has 0 atom stereocenters. The fourth-order valence-electron chi connectivity index (χ4n) is 1.06. The van der Waals surface area contributed by atoms with E-state index in [2.05, 4.69) is 14.5 Å². The van der Waals surface area contributed by atoms with Crippen LogP contribution in [0.4, 0.5) is 17.6 Å². The van der Waals surface area contributed by atoms with E-state index in [1.807, 2.05) is 0 Å². The Labute approximate surface area is 103 Å². The van der Waals surface area contributed by atoms with Crippen LogP contribution in [-0.2, 0) is 10.6 Å². The van der Waals surface area contributed by atoms with Gasteiger partial charge in [-0.05, 0) is 0 Å². The summed E-state index contributed by atoms with van der Waals surface area (Å²) in [6, 6.07) is 0.655. The summed E-state index contributed by atoms with van der Waals surface area (Å²) in [5.74, 6) is -3.81. The predicted octanol–water partition coefficient (Wildman–Crippen LogP) is 2.64. The van der Waals surface area contributed by atoms with Gasteiger partial charge in [-0.25, -0.2) is 14.2 Å². The molecule has 0 aliphatic heterocycles. The Kier molecular flexibility index (Phi) is 4.33. The van der Waals surface area contributed by atoms with Gasteiger partial charge in [-0.2, -0.15) is 0 Å². The number of halogens is 5. The van der Waals surface area contributed by atoms with Crippen molar-refractivity contribution >= 4 is 17.6 Å². The molecule has 0 aliphatic rings. The van der Waals surface area contributed by atoms with Crippen LogP contribution in [0.3, 0.4) is 0 Å². The lowest BCUT2D eigenvalue weighted by atomic mass is 10.2. The number of carbonyl (C=O) groups is 1. The lowest BCUT2D eigenvalue weighted by molar-refractivity contribution is -0.276. The van der Waals surface area contributed by atoms with Crippen LogP contribution in [0.2, 0.25) is 0 Å². The van der Waals surface area contributed by atoms with Crippen molar-refractivity contribution in [1.82, 2.24) is 4.98 Å². The molecule has 0 saturated carbocycles. The van der Waals surface area contributed by atoms with Crippen molar-refractivity contribution in [2.45, 2.75) is 12.2 Å². The van der Waals surface area contributed by atoms with Gasteiger partial charge < -0.3 is 9.47 Å². The highest BCUT2D eigenvalue weighted by Gasteiger charge is 2.33. The zero-order chi connectivity index (χ0) is 13.9. The first kappa shape index (κ1) is 14.5. The molecular formula is C9H6ClF4NO3. The maximum atomic E-state index is 13.5. The molecule has 18 heavy (non-hydrogen) atoms. The van der Waals surface area contributed by atoms with Crippen LogP contribution >= 0.6 is 11.6 Å². The van der Waals surface area contributed by atoms with Crippen molar-refractivity contribution < 1.29 is 31.8 Å². The molecule has 0 radical (unpaired) electrons. The molecule has 0 aliphatic carbocycles. The number of carbonyl (C=O) groups excluding carboxylic acids is 1. The van der Waals surface area contributed by atoms with Crippen molar-refractivity contribution in [3.05, 3.63) is 23.1 Å². The largest absolute Gasteiger partial charge is 0.574 e. The predicted molar refractivity (Wildman–Crippen MR) is 51.8 cm³/mol. The van der Waals surface area contributed by atoms with Crippen LogP contribution in [0, 0.1) is 5.82 Å². The Hall–Kier alpha value is -1.57. The fraction of sp³-hybridized carbons (Fsp3) is 0.333. The van der Waals surface area contributed by atoms with Gasteiger partial charge in [0.25, 0.3) is 0 Å². The maximum absolute atomic E-state index is 13.5. The first-order valence-electron chi connectivity index (χ1n) is 4.38. The number of aromatic nitrogens is 1. The number of hydrogen-bond acceptors (Lipinski definition) is 4. The molecule has 1 aromatic rings. The second-order valence-electron chi connectivity index (χ2n) is 2.96. The number of pyridine rings is 1. The molecule has 0 spiro atoms. The molecule has 0 unspecified atom stereocenters. The Balaban J connectivity index is 3.26. The number of ether oxygens (including phenoxy) is 2. The number of alkyl halides is 4. The van der Waals surface area contributed by atoms with Crippen LogP contribution in [0.15, 0.2) is 6.07 Å². The Bertz CT molecular complexity index is 464. The van der Waals surface area contributed by atoms with E-state index >= 15 is 0 Å². The van der Waals surface area contributed by atoms with Crippen molar-refractivity contribution in [3.63, 3.8) is 0 Å². The minimum absolute atomic E-state index is 0.355. The van der Waals surface area contributed by atoms with E-state index in [1.165, 1.54) is 0 Å². The first-order chi connectivity index (χ1) is 8.28. The normalized spacial score (nSPS) is 11.2. The quantitative estimate of drug-likeness (QED) is 0.487. The average molecular weight is 288 g/mol. The van der Waals surface area contributed by atoms with Crippen molar-refractivity contribution in [2.75, 3.05) is 7.11 Å². The fourth-order valence-corrected chi connectivity index (χ4v) is 1.25. The summed E-state index contributed by atoms with van der Waals surface area (Å²) in [6.07, 6.45) is -5.01. The first-order valence-corrected chi connectivity index (χ1v) is 4.91. The molecule has 0 aromatic carbocycles. The molecule has 1 heterocycles. The molecule has 1 aromatic heterocycles. The SMILES string of the molecule is COC(=O)c1nc(OC(F)(F)F)cc(CCl)c1F. The standard InChI is InChI=1S/C9H6ClF4NO3/c1-17-8(16)7-6(11)4(3-10)2-5(15-7)18-9(12,13)14/h2H,3H2,1H3. The highest BCUT2D eigenvalue weighted by molar-refractivity contribution is 6.17. The monoisotopic (exact) mass is 287 g/mol. The summed E-state index contributed by atoms with van der Waals surface area (Å²) in [5, 5.41) is 0. The van der Waals surface area contributed by atoms with E-state index in [0.29, 0.717) is 6.07 Å². The van der Waals surface area contributed by atoms with E-state index in [1.54, 1.807) is 0 Å². The molecule has 0 amide bonds. The Morgan fingerprint density at radius 1 is 1.50 bits per heavy atom. The third-order valence-corrected chi connectivity index (χ3v) is 2.04. The van der Waals surface area contributed by atoms with Crippen LogP contribution < -0.4 is 4.74 Å². The molecule has 1 rings (SSSR count). The van der Waals surface area contributed by atoms with E-state index < -0.39 is 35.6 Å².